The molecule has 0 fully saturated rings. The summed E-state index contributed by atoms with van der Waals surface area (Å²) in [5, 5.41) is 0.848. The Morgan fingerprint density at radius 2 is 2.41 bits per heavy atom. The van der Waals surface area contributed by atoms with Gasteiger partial charge in [-0.3, -0.25) is 9.36 Å². The highest BCUT2D eigenvalue weighted by Gasteiger charge is 2.20. The molecule has 1 aliphatic rings. The fourth-order valence-corrected chi connectivity index (χ4v) is 3.59. The van der Waals surface area contributed by atoms with Crippen LogP contribution in [0.3, 0.4) is 0 Å². The number of rotatable bonds is 3. The Balaban J connectivity index is 2.16. The van der Waals surface area contributed by atoms with E-state index in [0.717, 1.165) is 23.1 Å². The van der Waals surface area contributed by atoms with Crippen LogP contribution in [0.25, 0.3) is 10.2 Å². The zero-order valence-electron chi connectivity index (χ0n) is 9.73. The Kier molecular flexibility index (Phi) is 2.72. The van der Waals surface area contributed by atoms with Crippen LogP contribution in [0.5, 0.6) is 0 Å². The van der Waals surface area contributed by atoms with Crippen molar-refractivity contribution in [3.8, 4) is 0 Å². The maximum Gasteiger partial charge on any atom is 0.262 e. The monoisotopic (exact) mass is 250 g/mol. The lowest BCUT2D eigenvalue weighted by molar-refractivity contribution is 0.186. The van der Waals surface area contributed by atoms with E-state index in [4.69, 9.17) is 4.74 Å². The third-order valence-corrected chi connectivity index (χ3v) is 4.43. The lowest BCUT2D eigenvalue weighted by Gasteiger charge is -2.04. The van der Waals surface area contributed by atoms with Crippen molar-refractivity contribution in [3.05, 3.63) is 27.1 Å². The molecule has 0 atom stereocenters. The third kappa shape index (κ3) is 1.70. The molecule has 2 aromatic heterocycles. The van der Waals surface area contributed by atoms with Gasteiger partial charge in [0.1, 0.15) is 4.83 Å². The van der Waals surface area contributed by atoms with Crippen molar-refractivity contribution in [2.45, 2.75) is 25.8 Å². The topological polar surface area (TPSA) is 44.1 Å². The molecule has 17 heavy (non-hydrogen) atoms. The van der Waals surface area contributed by atoms with Gasteiger partial charge in [0.05, 0.1) is 24.9 Å². The van der Waals surface area contributed by atoms with E-state index in [1.807, 2.05) is 0 Å². The Bertz CT molecular complexity index is 615. The summed E-state index contributed by atoms with van der Waals surface area (Å²) in [5.74, 6) is 0. The molecule has 4 nitrogen and oxygen atoms in total. The molecule has 3 rings (SSSR count). The Morgan fingerprint density at radius 3 is 3.24 bits per heavy atom. The summed E-state index contributed by atoms with van der Waals surface area (Å²) in [7, 11) is 1.64. The molecule has 0 aromatic carbocycles. The highest BCUT2D eigenvalue weighted by molar-refractivity contribution is 7.18. The minimum absolute atomic E-state index is 0.0893. The standard InChI is InChI=1S/C12H14N2O2S/c1-16-6-5-14-7-13-11-10(12(14)15)8-3-2-4-9(8)17-11/h7H,2-6H2,1H3. The maximum atomic E-state index is 12.3. The summed E-state index contributed by atoms with van der Waals surface area (Å²) in [4.78, 5) is 19.0. The summed E-state index contributed by atoms with van der Waals surface area (Å²) in [6.45, 7) is 1.11. The van der Waals surface area contributed by atoms with Crippen molar-refractivity contribution in [3.63, 3.8) is 0 Å². The summed E-state index contributed by atoms with van der Waals surface area (Å²) in [6, 6.07) is 0. The van der Waals surface area contributed by atoms with Crippen LogP contribution in [0.1, 0.15) is 16.9 Å². The molecule has 0 spiro atoms. The van der Waals surface area contributed by atoms with Crippen LogP contribution in [0.15, 0.2) is 11.1 Å². The summed E-state index contributed by atoms with van der Waals surface area (Å²) < 4.78 is 6.65. The second-order valence-corrected chi connectivity index (χ2v) is 5.36. The van der Waals surface area contributed by atoms with Gasteiger partial charge in [0.15, 0.2) is 0 Å². The lowest BCUT2D eigenvalue weighted by atomic mass is 10.2. The van der Waals surface area contributed by atoms with Crippen molar-refractivity contribution < 1.29 is 4.74 Å². The maximum absolute atomic E-state index is 12.3. The summed E-state index contributed by atoms with van der Waals surface area (Å²) in [5.41, 5.74) is 1.33. The fraction of sp³-hybridized carbons (Fsp3) is 0.500. The number of hydrogen-bond acceptors (Lipinski definition) is 4. The first-order valence-corrected chi connectivity index (χ1v) is 6.61. The molecule has 5 heteroatoms. The average Bonchev–Trinajstić information content (AvgIpc) is 2.87. The molecular weight excluding hydrogens is 236 g/mol. The second-order valence-electron chi connectivity index (χ2n) is 4.27. The first-order chi connectivity index (χ1) is 8.31. The van der Waals surface area contributed by atoms with Crippen molar-refractivity contribution in [2.75, 3.05) is 13.7 Å². The van der Waals surface area contributed by atoms with Crippen LogP contribution in [0, 0.1) is 0 Å². The van der Waals surface area contributed by atoms with E-state index in [2.05, 4.69) is 4.98 Å². The smallest absolute Gasteiger partial charge is 0.262 e. The number of aryl methyl sites for hydroxylation is 2. The van der Waals surface area contributed by atoms with E-state index < -0.39 is 0 Å². The van der Waals surface area contributed by atoms with Crippen molar-refractivity contribution in [1.82, 2.24) is 9.55 Å². The van der Waals surface area contributed by atoms with Gasteiger partial charge in [0.25, 0.3) is 5.56 Å². The molecule has 0 bridgehead atoms. The van der Waals surface area contributed by atoms with Gasteiger partial charge in [-0.25, -0.2) is 4.98 Å². The highest BCUT2D eigenvalue weighted by atomic mass is 32.1. The molecular formula is C12H14N2O2S. The zero-order valence-corrected chi connectivity index (χ0v) is 10.5. The SMILES string of the molecule is COCCn1cnc2sc3c(c2c1=O)CCC3. The van der Waals surface area contributed by atoms with E-state index in [9.17, 15) is 4.79 Å². The molecule has 0 unspecified atom stereocenters. The predicted molar refractivity (Wildman–Crippen MR) is 67.8 cm³/mol. The molecule has 0 amide bonds. The van der Waals surface area contributed by atoms with Crippen molar-refractivity contribution >= 4 is 21.6 Å². The Hall–Kier alpha value is -1.20. The third-order valence-electron chi connectivity index (χ3n) is 3.23. The van der Waals surface area contributed by atoms with Crippen molar-refractivity contribution in [1.29, 1.82) is 0 Å². The van der Waals surface area contributed by atoms with Gasteiger partial charge in [-0.1, -0.05) is 0 Å². The molecule has 90 valence electrons. The van der Waals surface area contributed by atoms with Gasteiger partial charge in [-0.2, -0.15) is 0 Å². The van der Waals surface area contributed by atoms with E-state index in [-0.39, 0.29) is 5.56 Å². The van der Waals surface area contributed by atoms with E-state index in [1.54, 1.807) is 29.3 Å². The molecule has 0 radical (unpaired) electrons. The summed E-state index contributed by atoms with van der Waals surface area (Å²) >= 11 is 1.68. The van der Waals surface area contributed by atoms with Gasteiger partial charge < -0.3 is 4.74 Å². The minimum Gasteiger partial charge on any atom is -0.383 e. The van der Waals surface area contributed by atoms with E-state index in [1.165, 1.54) is 16.9 Å². The van der Waals surface area contributed by atoms with Crippen LogP contribution >= 0.6 is 11.3 Å². The molecule has 0 saturated carbocycles. The number of fused-ring (bicyclic) bond motifs is 3. The Labute approximate surface area is 103 Å². The van der Waals surface area contributed by atoms with Crippen LogP contribution < -0.4 is 5.56 Å². The zero-order chi connectivity index (χ0) is 11.8. The van der Waals surface area contributed by atoms with Crippen LogP contribution in [0.2, 0.25) is 0 Å². The molecule has 2 aromatic rings. The van der Waals surface area contributed by atoms with E-state index >= 15 is 0 Å². The number of ether oxygens (including phenoxy) is 1. The Morgan fingerprint density at radius 1 is 1.53 bits per heavy atom. The minimum atomic E-state index is 0.0893. The van der Waals surface area contributed by atoms with Gasteiger partial charge in [0, 0.05) is 12.0 Å². The molecule has 0 aliphatic heterocycles. The summed E-state index contributed by atoms with van der Waals surface area (Å²) in [6.07, 6.45) is 4.94. The molecule has 1 aliphatic carbocycles. The van der Waals surface area contributed by atoms with E-state index in [0.29, 0.717) is 13.2 Å². The van der Waals surface area contributed by atoms with Crippen LogP contribution in [0.4, 0.5) is 0 Å². The number of hydrogen-bond donors (Lipinski definition) is 0. The van der Waals surface area contributed by atoms with Crippen LogP contribution in [-0.4, -0.2) is 23.3 Å². The quantitative estimate of drug-likeness (QED) is 0.831. The largest absolute Gasteiger partial charge is 0.383 e. The van der Waals surface area contributed by atoms with Gasteiger partial charge in [-0.05, 0) is 24.8 Å². The molecule has 0 N–H and O–H groups in total. The predicted octanol–water partition coefficient (Wildman–Crippen LogP) is 1.59. The number of thiophene rings is 1. The first kappa shape index (κ1) is 10.9. The first-order valence-electron chi connectivity index (χ1n) is 5.80. The van der Waals surface area contributed by atoms with Crippen LogP contribution in [-0.2, 0) is 24.1 Å². The van der Waals surface area contributed by atoms with Gasteiger partial charge in [0.2, 0.25) is 0 Å². The van der Waals surface area contributed by atoms with Gasteiger partial charge >= 0.3 is 0 Å². The van der Waals surface area contributed by atoms with Gasteiger partial charge in [-0.15, -0.1) is 11.3 Å². The normalized spacial score (nSPS) is 14.4. The lowest BCUT2D eigenvalue weighted by Crippen LogP contribution is -2.22. The number of nitrogens with zero attached hydrogens (tertiary/aromatic N) is 2. The molecule has 2 heterocycles. The number of aromatic nitrogens is 2. The fourth-order valence-electron chi connectivity index (χ4n) is 2.37. The highest BCUT2D eigenvalue weighted by Crippen LogP contribution is 2.34. The average molecular weight is 250 g/mol. The molecule has 0 saturated heterocycles. The second kappa shape index (κ2) is 4.23. The van der Waals surface area contributed by atoms with Crippen molar-refractivity contribution in [2.24, 2.45) is 0 Å². The number of methoxy groups -OCH3 is 1.